The third-order valence-electron chi connectivity index (χ3n) is 13.5. The van der Waals surface area contributed by atoms with Crippen molar-refractivity contribution in [2.75, 3.05) is 13.2 Å². The molecule has 0 spiro atoms. The van der Waals surface area contributed by atoms with Crippen LogP contribution in [0.15, 0.2) is 60.8 Å². The molecule has 0 rings (SSSR count). The molecule has 0 aromatic rings. The standard InChI is InChI=1S/C65H116O6/c1-4-7-10-13-16-19-22-25-27-28-29-30-31-32-33-34-35-36-38-40-43-46-49-52-55-58-64(67)70-61-62(60-69-63(66)57-54-51-48-45-42-39-24-21-18-15-12-9-6-3)71-65(68)59-56-53-50-47-44-41-37-26-23-20-17-14-11-8-5-2/h8,11,17,20-21,24,26,37,44,47,62H,4-7,9-10,12-16,18-19,22-23,25,27-36,38-43,45-46,48-61H2,1-3H3/b11-8-,20-17-,24-21-,37-26-,47-44-. The molecule has 0 aliphatic rings. The fourth-order valence-corrected chi connectivity index (χ4v) is 8.90. The van der Waals surface area contributed by atoms with Crippen molar-refractivity contribution >= 4 is 17.9 Å². The Morgan fingerprint density at radius 1 is 0.296 bits per heavy atom. The van der Waals surface area contributed by atoms with Crippen molar-refractivity contribution in [3.05, 3.63) is 60.8 Å². The number of hydrogen-bond donors (Lipinski definition) is 0. The molecule has 1 unspecified atom stereocenters. The summed E-state index contributed by atoms with van der Waals surface area (Å²) in [6.07, 6.45) is 75.3. The van der Waals surface area contributed by atoms with Gasteiger partial charge in [-0.1, -0.05) is 274 Å². The van der Waals surface area contributed by atoms with E-state index < -0.39 is 6.10 Å². The monoisotopic (exact) mass is 993 g/mol. The van der Waals surface area contributed by atoms with Gasteiger partial charge in [0.15, 0.2) is 6.10 Å². The first-order valence-electron chi connectivity index (χ1n) is 30.8. The lowest BCUT2D eigenvalue weighted by atomic mass is 10.0. The Morgan fingerprint density at radius 2 is 0.549 bits per heavy atom. The maximum atomic E-state index is 12.8. The van der Waals surface area contributed by atoms with Crippen molar-refractivity contribution in [3.8, 4) is 0 Å². The third-order valence-corrected chi connectivity index (χ3v) is 13.5. The van der Waals surface area contributed by atoms with E-state index in [2.05, 4.69) is 81.5 Å². The van der Waals surface area contributed by atoms with Gasteiger partial charge in [0.1, 0.15) is 13.2 Å². The molecule has 0 aliphatic heterocycles. The number of esters is 3. The Balaban J connectivity index is 4.27. The predicted molar refractivity (Wildman–Crippen MR) is 307 cm³/mol. The molecule has 0 aliphatic carbocycles. The van der Waals surface area contributed by atoms with Crippen LogP contribution in [0, 0.1) is 0 Å². The molecule has 0 aromatic carbocycles. The second-order valence-electron chi connectivity index (χ2n) is 20.6. The van der Waals surface area contributed by atoms with Crippen molar-refractivity contribution in [1.82, 2.24) is 0 Å². The van der Waals surface area contributed by atoms with E-state index in [0.717, 1.165) is 83.5 Å². The summed E-state index contributed by atoms with van der Waals surface area (Å²) in [5.41, 5.74) is 0. The quantitative estimate of drug-likeness (QED) is 0.0261. The van der Waals surface area contributed by atoms with Crippen LogP contribution in [0.2, 0.25) is 0 Å². The highest BCUT2D eigenvalue weighted by Crippen LogP contribution is 2.17. The lowest BCUT2D eigenvalue weighted by molar-refractivity contribution is -0.167. The zero-order valence-electron chi connectivity index (χ0n) is 47.2. The Labute approximate surface area is 440 Å². The molecule has 6 nitrogen and oxygen atoms in total. The summed E-state index contributed by atoms with van der Waals surface area (Å²) in [7, 11) is 0. The zero-order chi connectivity index (χ0) is 51.4. The van der Waals surface area contributed by atoms with Gasteiger partial charge in [0.25, 0.3) is 0 Å². The van der Waals surface area contributed by atoms with Crippen LogP contribution in [-0.2, 0) is 28.6 Å². The van der Waals surface area contributed by atoms with Crippen molar-refractivity contribution < 1.29 is 28.6 Å². The molecule has 0 bridgehead atoms. The maximum absolute atomic E-state index is 12.8. The van der Waals surface area contributed by atoms with Crippen molar-refractivity contribution in [1.29, 1.82) is 0 Å². The van der Waals surface area contributed by atoms with Crippen LogP contribution in [0.3, 0.4) is 0 Å². The second-order valence-corrected chi connectivity index (χ2v) is 20.6. The third kappa shape index (κ3) is 57.9. The van der Waals surface area contributed by atoms with Crippen LogP contribution >= 0.6 is 0 Å². The van der Waals surface area contributed by atoms with E-state index >= 15 is 0 Å². The molecule has 0 N–H and O–H groups in total. The topological polar surface area (TPSA) is 78.9 Å². The minimum Gasteiger partial charge on any atom is -0.462 e. The fourth-order valence-electron chi connectivity index (χ4n) is 8.90. The number of carbonyl (C=O) groups is 3. The highest BCUT2D eigenvalue weighted by atomic mass is 16.6. The normalized spacial score (nSPS) is 12.4. The lowest BCUT2D eigenvalue weighted by Crippen LogP contribution is -2.30. The van der Waals surface area contributed by atoms with Gasteiger partial charge < -0.3 is 14.2 Å². The molecule has 0 fully saturated rings. The summed E-state index contributed by atoms with van der Waals surface area (Å²) >= 11 is 0. The Kier molecular flexibility index (Phi) is 57.2. The average Bonchev–Trinajstić information content (AvgIpc) is 3.37. The molecule has 0 heterocycles. The minimum atomic E-state index is -0.798. The number of ether oxygens (including phenoxy) is 3. The van der Waals surface area contributed by atoms with Gasteiger partial charge in [-0.2, -0.15) is 0 Å². The van der Waals surface area contributed by atoms with Gasteiger partial charge in [-0.05, 0) is 83.5 Å². The molecular formula is C65H116O6. The Hall–Kier alpha value is -2.89. The van der Waals surface area contributed by atoms with E-state index in [1.807, 2.05) is 0 Å². The molecule has 0 aromatic heterocycles. The highest BCUT2D eigenvalue weighted by molar-refractivity contribution is 5.71. The SMILES string of the molecule is CC/C=C\C/C=C\C/C=C\C/C=C\CCCCC(=O)OC(COC(=O)CCCCCCC/C=C\CCCCCC)COC(=O)CCCCCCCCCCCCCCCCCCCCCCCCCCC. The molecule has 71 heavy (non-hydrogen) atoms. The second kappa shape index (κ2) is 59.7. The molecule has 412 valence electrons. The van der Waals surface area contributed by atoms with E-state index in [-0.39, 0.29) is 37.5 Å². The largest absolute Gasteiger partial charge is 0.462 e. The van der Waals surface area contributed by atoms with Crippen LogP contribution in [0.4, 0.5) is 0 Å². The van der Waals surface area contributed by atoms with Gasteiger partial charge in [0.05, 0.1) is 0 Å². The van der Waals surface area contributed by atoms with Crippen molar-refractivity contribution in [2.45, 2.75) is 322 Å². The molecular weight excluding hydrogens is 877 g/mol. The molecule has 6 heteroatoms. The fraction of sp³-hybridized carbons (Fsp3) is 0.800. The molecule has 0 radical (unpaired) electrons. The van der Waals surface area contributed by atoms with Gasteiger partial charge in [-0.25, -0.2) is 0 Å². The molecule has 0 amide bonds. The summed E-state index contributed by atoms with van der Waals surface area (Å²) < 4.78 is 16.8. The number of allylic oxidation sites excluding steroid dienone is 10. The Morgan fingerprint density at radius 3 is 0.915 bits per heavy atom. The molecule has 0 saturated heterocycles. The number of unbranched alkanes of at least 4 members (excludes halogenated alkanes) is 35. The van der Waals surface area contributed by atoms with Crippen LogP contribution in [-0.4, -0.2) is 37.2 Å². The predicted octanol–water partition coefficient (Wildman–Crippen LogP) is 20.8. The first-order chi connectivity index (χ1) is 35.0. The first kappa shape index (κ1) is 68.1. The van der Waals surface area contributed by atoms with Crippen LogP contribution in [0.25, 0.3) is 0 Å². The number of rotatable bonds is 56. The lowest BCUT2D eigenvalue weighted by Gasteiger charge is -2.18. The van der Waals surface area contributed by atoms with E-state index in [1.165, 1.54) is 186 Å². The van der Waals surface area contributed by atoms with Crippen LogP contribution < -0.4 is 0 Å². The van der Waals surface area contributed by atoms with Gasteiger partial charge in [0.2, 0.25) is 0 Å². The van der Waals surface area contributed by atoms with Crippen LogP contribution in [0.5, 0.6) is 0 Å². The van der Waals surface area contributed by atoms with Crippen molar-refractivity contribution in [3.63, 3.8) is 0 Å². The van der Waals surface area contributed by atoms with Gasteiger partial charge in [0, 0.05) is 19.3 Å². The summed E-state index contributed by atoms with van der Waals surface area (Å²) in [4.78, 5) is 38.2. The van der Waals surface area contributed by atoms with E-state index in [1.54, 1.807) is 0 Å². The smallest absolute Gasteiger partial charge is 0.306 e. The number of hydrogen-bond acceptors (Lipinski definition) is 6. The van der Waals surface area contributed by atoms with E-state index in [0.29, 0.717) is 19.3 Å². The Bertz CT molecular complexity index is 1280. The van der Waals surface area contributed by atoms with Gasteiger partial charge in [-0.15, -0.1) is 0 Å². The van der Waals surface area contributed by atoms with Crippen molar-refractivity contribution in [2.24, 2.45) is 0 Å². The highest BCUT2D eigenvalue weighted by Gasteiger charge is 2.19. The summed E-state index contributed by atoms with van der Waals surface area (Å²) in [5, 5.41) is 0. The molecule has 1 atom stereocenters. The maximum Gasteiger partial charge on any atom is 0.306 e. The summed E-state index contributed by atoms with van der Waals surface area (Å²) in [5.74, 6) is -0.928. The summed E-state index contributed by atoms with van der Waals surface area (Å²) in [6.45, 7) is 6.51. The van der Waals surface area contributed by atoms with E-state index in [9.17, 15) is 14.4 Å². The minimum absolute atomic E-state index is 0.0908. The van der Waals surface area contributed by atoms with Gasteiger partial charge in [-0.3, -0.25) is 14.4 Å². The van der Waals surface area contributed by atoms with E-state index in [4.69, 9.17) is 14.2 Å². The van der Waals surface area contributed by atoms with Crippen LogP contribution in [0.1, 0.15) is 316 Å². The first-order valence-corrected chi connectivity index (χ1v) is 30.8. The van der Waals surface area contributed by atoms with Gasteiger partial charge >= 0.3 is 17.9 Å². The summed E-state index contributed by atoms with van der Waals surface area (Å²) in [6, 6.07) is 0. The number of carbonyl (C=O) groups excluding carboxylic acids is 3. The molecule has 0 saturated carbocycles. The zero-order valence-corrected chi connectivity index (χ0v) is 47.2. The average molecular weight is 994 g/mol.